The number of rotatable bonds is 11. The van der Waals surface area contributed by atoms with Crippen molar-refractivity contribution < 1.29 is 27.5 Å². The Morgan fingerprint density at radius 3 is 2.35 bits per heavy atom. The minimum atomic E-state index is -3.77. The van der Waals surface area contributed by atoms with Crippen molar-refractivity contribution in [3.05, 3.63) is 84.4 Å². The average molecular weight is 484 g/mol. The lowest BCUT2D eigenvalue weighted by molar-refractivity contribution is -0.118. The molecule has 0 aromatic heterocycles. The molecule has 0 heterocycles. The van der Waals surface area contributed by atoms with Gasteiger partial charge in [-0.3, -0.25) is 9.59 Å². The summed E-state index contributed by atoms with van der Waals surface area (Å²) in [4.78, 5) is 24.7. The number of ether oxygens (including phenoxy) is 2. The Bertz CT molecular complexity index is 1230. The molecule has 34 heavy (non-hydrogen) atoms. The molecule has 2 amide bonds. The van der Waals surface area contributed by atoms with Crippen LogP contribution in [-0.2, 0) is 19.6 Å². The zero-order valence-corrected chi connectivity index (χ0v) is 19.3. The summed E-state index contributed by atoms with van der Waals surface area (Å²) in [7, 11) is -2.30. The summed E-state index contributed by atoms with van der Waals surface area (Å²) in [5, 5.41) is 5.42. The van der Waals surface area contributed by atoms with Gasteiger partial charge in [0.25, 0.3) is 11.8 Å². The second-order valence-electron chi connectivity index (χ2n) is 7.10. The SMILES string of the molecule is COCCNS(=O)(=O)c1cccc(C(=O)Nc2cccc(OCC(=O)Nc3ccccc3)c2)c1. The highest BCUT2D eigenvalue weighted by atomic mass is 32.2. The fourth-order valence-corrected chi connectivity index (χ4v) is 3.96. The van der Waals surface area contributed by atoms with E-state index in [9.17, 15) is 18.0 Å². The summed E-state index contributed by atoms with van der Waals surface area (Å²) in [5.41, 5.74) is 1.26. The molecule has 0 aliphatic heterocycles. The van der Waals surface area contributed by atoms with Gasteiger partial charge in [-0.1, -0.05) is 30.3 Å². The normalized spacial score (nSPS) is 11.0. The van der Waals surface area contributed by atoms with Crippen molar-refractivity contribution in [1.29, 1.82) is 0 Å². The van der Waals surface area contributed by atoms with Crippen molar-refractivity contribution in [2.75, 3.05) is 37.5 Å². The fraction of sp³-hybridized carbons (Fsp3) is 0.167. The van der Waals surface area contributed by atoms with Gasteiger partial charge in [0.2, 0.25) is 10.0 Å². The lowest BCUT2D eigenvalue weighted by Gasteiger charge is -2.11. The molecule has 9 nitrogen and oxygen atoms in total. The number of sulfonamides is 1. The van der Waals surface area contributed by atoms with Gasteiger partial charge in [-0.15, -0.1) is 0 Å². The summed E-state index contributed by atoms with van der Waals surface area (Å²) in [6, 6.07) is 21.3. The Labute approximate surface area is 198 Å². The smallest absolute Gasteiger partial charge is 0.262 e. The van der Waals surface area contributed by atoms with E-state index < -0.39 is 15.9 Å². The molecule has 0 saturated carbocycles. The molecule has 10 heteroatoms. The van der Waals surface area contributed by atoms with Crippen LogP contribution in [0.4, 0.5) is 11.4 Å². The van der Waals surface area contributed by atoms with Crippen LogP contribution in [0.3, 0.4) is 0 Å². The van der Waals surface area contributed by atoms with Crippen LogP contribution in [-0.4, -0.2) is 47.1 Å². The van der Waals surface area contributed by atoms with E-state index in [1.807, 2.05) is 18.2 Å². The molecule has 0 radical (unpaired) electrons. The van der Waals surface area contributed by atoms with Crippen molar-refractivity contribution in [3.8, 4) is 5.75 Å². The lowest BCUT2D eigenvalue weighted by Crippen LogP contribution is -2.27. The zero-order chi connectivity index (χ0) is 24.4. The summed E-state index contributed by atoms with van der Waals surface area (Å²) in [6.07, 6.45) is 0. The zero-order valence-electron chi connectivity index (χ0n) is 18.5. The van der Waals surface area contributed by atoms with Crippen LogP contribution in [0, 0.1) is 0 Å². The first kappa shape index (κ1) is 24.9. The van der Waals surface area contributed by atoms with Gasteiger partial charge >= 0.3 is 0 Å². The quantitative estimate of drug-likeness (QED) is 0.361. The molecule has 0 fully saturated rings. The van der Waals surface area contributed by atoms with Crippen LogP contribution >= 0.6 is 0 Å². The highest BCUT2D eigenvalue weighted by Gasteiger charge is 2.16. The number of nitrogens with one attached hydrogen (secondary N) is 3. The highest BCUT2D eigenvalue weighted by Crippen LogP contribution is 2.19. The molecule has 0 aliphatic carbocycles. The molecule has 3 N–H and O–H groups in total. The lowest BCUT2D eigenvalue weighted by atomic mass is 10.2. The number of carbonyl (C=O) groups is 2. The van der Waals surface area contributed by atoms with Crippen LogP contribution in [0.5, 0.6) is 5.75 Å². The topological polar surface area (TPSA) is 123 Å². The number of hydrogen-bond donors (Lipinski definition) is 3. The van der Waals surface area contributed by atoms with Crippen molar-refractivity contribution in [1.82, 2.24) is 4.72 Å². The number of hydrogen-bond acceptors (Lipinski definition) is 6. The van der Waals surface area contributed by atoms with Crippen molar-refractivity contribution in [3.63, 3.8) is 0 Å². The number of carbonyl (C=O) groups excluding carboxylic acids is 2. The number of amides is 2. The molecular weight excluding hydrogens is 458 g/mol. The number of methoxy groups -OCH3 is 1. The minimum Gasteiger partial charge on any atom is -0.484 e. The molecule has 178 valence electrons. The Balaban J connectivity index is 1.60. The molecule has 0 spiro atoms. The fourth-order valence-electron chi connectivity index (χ4n) is 2.90. The molecule has 0 saturated heterocycles. The monoisotopic (exact) mass is 483 g/mol. The van der Waals surface area contributed by atoms with E-state index >= 15 is 0 Å². The van der Waals surface area contributed by atoms with E-state index in [-0.39, 0.29) is 36.1 Å². The molecule has 3 aromatic carbocycles. The van der Waals surface area contributed by atoms with Gasteiger partial charge in [-0.2, -0.15) is 0 Å². The van der Waals surface area contributed by atoms with E-state index in [4.69, 9.17) is 9.47 Å². The third-order valence-corrected chi connectivity index (χ3v) is 5.98. The van der Waals surface area contributed by atoms with Crippen LogP contribution < -0.4 is 20.1 Å². The Morgan fingerprint density at radius 2 is 1.59 bits per heavy atom. The maximum absolute atomic E-state index is 12.7. The number of anilines is 2. The van der Waals surface area contributed by atoms with Gasteiger partial charge in [0, 0.05) is 36.7 Å². The Kier molecular flexibility index (Phi) is 8.74. The molecular formula is C24H25N3O6S. The van der Waals surface area contributed by atoms with Crippen LogP contribution in [0.1, 0.15) is 10.4 Å². The predicted octanol–water partition coefficient (Wildman–Crippen LogP) is 2.88. The van der Waals surface area contributed by atoms with Gasteiger partial charge in [0.05, 0.1) is 11.5 Å². The summed E-state index contributed by atoms with van der Waals surface area (Å²) >= 11 is 0. The molecule has 0 bridgehead atoms. The summed E-state index contributed by atoms with van der Waals surface area (Å²) in [6.45, 7) is 0.138. The first-order chi connectivity index (χ1) is 16.4. The van der Waals surface area contributed by atoms with Crippen LogP contribution in [0.2, 0.25) is 0 Å². The third-order valence-electron chi connectivity index (χ3n) is 4.52. The van der Waals surface area contributed by atoms with E-state index in [1.165, 1.54) is 31.4 Å². The first-order valence-electron chi connectivity index (χ1n) is 10.4. The highest BCUT2D eigenvalue weighted by molar-refractivity contribution is 7.89. The van der Waals surface area contributed by atoms with E-state index in [0.717, 1.165) is 0 Å². The van der Waals surface area contributed by atoms with Crippen molar-refractivity contribution in [2.45, 2.75) is 4.90 Å². The van der Waals surface area contributed by atoms with Gasteiger partial charge in [-0.25, -0.2) is 13.1 Å². The number of benzene rings is 3. The predicted molar refractivity (Wildman–Crippen MR) is 128 cm³/mol. The van der Waals surface area contributed by atoms with Crippen molar-refractivity contribution in [2.24, 2.45) is 0 Å². The molecule has 3 rings (SSSR count). The second-order valence-corrected chi connectivity index (χ2v) is 8.87. The van der Waals surface area contributed by atoms with Gasteiger partial charge in [0.1, 0.15) is 5.75 Å². The van der Waals surface area contributed by atoms with Crippen molar-refractivity contribution >= 4 is 33.2 Å². The maximum atomic E-state index is 12.7. The van der Waals surface area contributed by atoms with Gasteiger partial charge < -0.3 is 20.1 Å². The second kappa shape index (κ2) is 11.9. The van der Waals surface area contributed by atoms with Crippen LogP contribution in [0.25, 0.3) is 0 Å². The summed E-state index contributed by atoms with van der Waals surface area (Å²) in [5.74, 6) is -0.426. The standard InChI is InChI=1S/C24H25N3O6S/c1-32-14-13-25-34(30,31)22-12-5-7-18(15-22)24(29)27-20-10-6-11-21(16-20)33-17-23(28)26-19-8-3-2-4-9-19/h2-12,15-16,25H,13-14,17H2,1H3,(H,26,28)(H,27,29). The molecule has 0 unspecified atom stereocenters. The van der Waals surface area contributed by atoms with E-state index in [0.29, 0.717) is 17.1 Å². The molecule has 0 aliphatic rings. The van der Waals surface area contributed by atoms with Gasteiger partial charge in [0.15, 0.2) is 6.61 Å². The number of para-hydroxylation sites is 1. The van der Waals surface area contributed by atoms with E-state index in [1.54, 1.807) is 36.4 Å². The Morgan fingerprint density at radius 1 is 0.853 bits per heavy atom. The Hall–Kier alpha value is -3.73. The summed E-state index contributed by atoms with van der Waals surface area (Å²) < 4.78 is 37.5. The molecule has 3 aromatic rings. The average Bonchev–Trinajstić information content (AvgIpc) is 2.84. The van der Waals surface area contributed by atoms with E-state index in [2.05, 4.69) is 15.4 Å². The minimum absolute atomic E-state index is 0.0298. The third kappa shape index (κ3) is 7.41. The first-order valence-corrected chi connectivity index (χ1v) is 11.8. The van der Waals surface area contributed by atoms with Crippen LogP contribution in [0.15, 0.2) is 83.8 Å². The van der Waals surface area contributed by atoms with Gasteiger partial charge in [-0.05, 0) is 42.5 Å². The molecule has 0 atom stereocenters. The largest absolute Gasteiger partial charge is 0.484 e. The maximum Gasteiger partial charge on any atom is 0.262 e.